The van der Waals surface area contributed by atoms with Gasteiger partial charge in [0.25, 0.3) is 5.91 Å². The van der Waals surface area contributed by atoms with Gasteiger partial charge in [0.05, 0.1) is 0 Å². The molecule has 0 aromatic heterocycles. The van der Waals surface area contributed by atoms with Crippen LogP contribution in [-0.4, -0.2) is 5.91 Å². The molecule has 0 atom stereocenters. The molecule has 0 saturated carbocycles. The van der Waals surface area contributed by atoms with Gasteiger partial charge in [0.15, 0.2) is 0 Å². The smallest absolute Gasteiger partial charge is 0.265 e. The van der Waals surface area contributed by atoms with E-state index in [1.165, 1.54) is 5.56 Å². The first-order chi connectivity index (χ1) is 8.79. The zero-order valence-corrected chi connectivity index (χ0v) is 12.9. The maximum Gasteiger partial charge on any atom is 0.265 e. The second kappa shape index (κ2) is 6.20. The van der Waals surface area contributed by atoms with E-state index in [-0.39, 0.29) is 5.91 Å². The van der Waals surface area contributed by atoms with E-state index in [2.05, 4.69) is 59.1 Å². The fraction of sp³-hybridized carbons (Fsp3) is 0.562. The fourth-order valence-corrected chi connectivity index (χ4v) is 2.29. The maximum atomic E-state index is 12.1. The molecule has 106 valence electrons. The molecule has 19 heavy (non-hydrogen) atoms. The van der Waals surface area contributed by atoms with Crippen molar-refractivity contribution in [1.29, 1.82) is 0 Å². The van der Waals surface area contributed by atoms with Crippen LogP contribution in [0.2, 0.25) is 0 Å². The Bertz CT molecular complexity index is 433. The Hall–Kier alpha value is -1.35. The molecule has 0 unspecified atom stereocenters. The van der Waals surface area contributed by atoms with Crippen molar-refractivity contribution < 1.29 is 4.79 Å². The summed E-state index contributed by atoms with van der Waals surface area (Å²) in [6, 6.07) is 4.29. The van der Waals surface area contributed by atoms with Crippen LogP contribution in [0.5, 0.6) is 0 Å². The number of rotatable bonds is 4. The molecule has 0 saturated heterocycles. The molecule has 3 N–H and O–H groups in total. The largest absolute Gasteiger partial charge is 0.290 e. The first-order valence-electron chi connectivity index (χ1n) is 6.98. The van der Waals surface area contributed by atoms with Gasteiger partial charge in [0.1, 0.15) is 0 Å². The van der Waals surface area contributed by atoms with Crippen molar-refractivity contribution in [1.82, 2.24) is 5.43 Å². The first kappa shape index (κ1) is 15.7. The normalized spacial score (nSPS) is 11.5. The predicted molar refractivity (Wildman–Crippen MR) is 80.4 cm³/mol. The summed E-state index contributed by atoms with van der Waals surface area (Å²) in [5.74, 6) is 6.19. The second-order valence-electron chi connectivity index (χ2n) is 6.01. The molecule has 0 aliphatic heterocycles. The van der Waals surface area contributed by atoms with Crippen LogP contribution in [0.1, 0.15) is 86.3 Å². The zero-order chi connectivity index (χ0) is 14.7. The Morgan fingerprint density at radius 2 is 1.37 bits per heavy atom. The van der Waals surface area contributed by atoms with Gasteiger partial charge in [0.2, 0.25) is 0 Å². The van der Waals surface area contributed by atoms with Crippen molar-refractivity contribution in [2.75, 3.05) is 0 Å². The summed E-state index contributed by atoms with van der Waals surface area (Å²) in [6.07, 6.45) is 0. The number of hydrazine groups is 1. The average molecular weight is 262 g/mol. The molecule has 0 aliphatic rings. The molecule has 0 bridgehead atoms. The Balaban J connectivity index is 3.60. The summed E-state index contributed by atoms with van der Waals surface area (Å²) >= 11 is 0. The van der Waals surface area contributed by atoms with Gasteiger partial charge in [-0.05, 0) is 34.4 Å². The summed E-state index contributed by atoms with van der Waals surface area (Å²) in [6.45, 7) is 12.8. The van der Waals surface area contributed by atoms with E-state index in [4.69, 9.17) is 5.84 Å². The minimum absolute atomic E-state index is 0.192. The zero-order valence-electron chi connectivity index (χ0n) is 12.9. The molecule has 0 spiro atoms. The van der Waals surface area contributed by atoms with Gasteiger partial charge in [-0.1, -0.05) is 53.7 Å². The third-order valence-corrected chi connectivity index (χ3v) is 3.49. The van der Waals surface area contributed by atoms with Gasteiger partial charge in [0, 0.05) is 5.56 Å². The number of hydrogen-bond acceptors (Lipinski definition) is 2. The molecule has 1 rings (SSSR count). The molecule has 0 fully saturated rings. The molecule has 1 aromatic rings. The van der Waals surface area contributed by atoms with E-state index < -0.39 is 0 Å². The predicted octanol–water partition coefficient (Wildman–Crippen LogP) is 3.66. The van der Waals surface area contributed by atoms with Crippen LogP contribution in [0, 0.1) is 0 Å². The fourth-order valence-electron chi connectivity index (χ4n) is 2.29. The summed E-state index contributed by atoms with van der Waals surface area (Å²) < 4.78 is 0. The molecule has 0 aliphatic carbocycles. The third kappa shape index (κ3) is 3.35. The number of carbonyl (C=O) groups excluding carboxylic acids is 1. The summed E-state index contributed by atoms with van der Waals surface area (Å²) in [7, 11) is 0. The van der Waals surface area contributed by atoms with Crippen molar-refractivity contribution in [2.45, 2.75) is 59.3 Å². The molecule has 3 nitrogen and oxygen atoms in total. The number of benzene rings is 1. The SMILES string of the molecule is CC(C)c1cc(C(C)C)c(C(=O)NN)c(C(C)C)c1. The summed E-state index contributed by atoms with van der Waals surface area (Å²) in [4.78, 5) is 12.1. The van der Waals surface area contributed by atoms with E-state index in [9.17, 15) is 4.79 Å². The molecular weight excluding hydrogens is 236 g/mol. The van der Waals surface area contributed by atoms with Crippen molar-refractivity contribution >= 4 is 5.91 Å². The van der Waals surface area contributed by atoms with Crippen molar-refractivity contribution in [3.8, 4) is 0 Å². The standard InChI is InChI=1S/C16H26N2O/c1-9(2)12-7-13(10(3)4)15(16(19)18-17)14(8-12)11(5)6/h7-11H,17H2,1-6H3,(H,18,19). The lowest BCUT2D eigenvalue weighted by Crippen LogP contribution is -2.32. The van der Waals surface area contributed by atoms with Crippen LogP contribution < -0.4 is 11.3 Å². The second-order valence-corrected chi connectivity index (χ2v) is 6.01. The van der Waals surface area contributed by atoms with Crippen molar-refractivity contribution in [3.05, 3.63) is 34.4 Å². The Morgan fingerprint density at radius 3 is 1.63 bits per heavy atom. The lowest BCUT2D eigenvalue weighted by Gasteiger charge is -2.21. The Kier molecular flexibility index (Phi) is 5.12. The van der Waals surface area contributed by atoms with Gasteiger partial charge >= 0.3 is 0 Å². The van der Waals surface area contributed by atoms with Crippen LogP contribution >= 0.6 is 0 Å². The minimum Gasteiger partial charge on any atom is -0.290 e. The van der Waals surface area contributed by atoms with E-state index in [0.29, 0.717) is 17.8 Å². The Morgan fingerprint density at radius 1 is 0.947 bits per heavy atom. The molecule has 0 radical (unpaired) electrons. The van der Waals surface area contributed by atoms with Crippen LogP contribution in [0.15, 0.2) is 12.1 Å². The minimum atomic E-state index is -0.192. The van der Waals surface area contributed by atoms with Gasteiger partial charge in [-0.15, -0.1) is 0 Å². The number of amides is 1. The topological polar surface area (TPSA) is 55.1 Å². The monoisotopic (exact) mass is 262 g/mol. The van der Waals surface area contributed by atoms with Crippen LogP contribution in [0.4, 0.5) is 0 Å². The highest BCUT2D eigenvalue weighted by atomic mass is 16.2. The molecule has 0 heterocycles. The summed E-state index contributed by atoms with van der Waals surface area (Å²) in [5, 5.41) is 0. The quantitative estimate of drug-likeness (QED) is 0.494. The van der Waals surface area contributed by atoms with Crippen LogP contribution in [0.3, 0.4) is 0 Å². The molecule has 1 amide bonds. The number of carbonyl (C=O) groups is 1. The highest BCUT2D eigenvalue weighted by Crippen LogP contribution is 2.31. The number of nitrogens with two attached hydrogens (primary N) is 1. The lowest BCUT2D eigenvalue weighted by atomic mass is 9.84. The van der Waals surface area contributed by atoms with Gasteiger partial charge < -0.3 is 0 Å². The van der Waals surface area contributed by atoms with Gasteiger partial charge in [-0.25, -0.2) is 5.84 Å². The van der Waals surface area contributed by atoms with E-state index >= 15 is 0 Å². The third-order valence-electron chi connectivity index (χ3n) is 3.49. The maximum absolute atomic E-state index is 12.1. The average Bonchev–Trinajstić information content (AvgIpc) is 2.35. The number of nitrogen functional groups attached to an aromatic ring is 1. The van der Waals surface area contributed by atoms with Crippen LogP contribution in [0.25, 0.3) is 0 Å². The van der Waals surface area contributed by atoms with E-state index in [1.807, 2.05) is 0 Å². The molecular formula is C16H26N2O. The van der Waals surface area contributed by atoms with Crippen molar-refractivity contribution in [3.63, 3.8) is 0 Å². The lowest BCUT2D eigenvalue weighted by molar-refractivity contribution is 0.0951. The summed E-state index contributed by atoms with van der Waals surface area (Å²) in [5.41, 5.74) is 6.47. The van der Waals surface area contributed by atoms with E-state index in [0.717, 1.165) is 16.7 Å². The highest BCUT2D eigenvalue weighted by Gasteiger charge is 2.21. The highest BCUT2D eigenvalue weighted by molar-refractivity contribution is 5.97. The Labute approximate surface area is 116 Å². The first-order valence-corrected chi connectivity index (χ1v) is 6.98. The van der Waals surface area contributed by atoms with Crippen LogP contribution in [-0.2, 0) is 0 Å². The van der Waals surface area contributed by atoms with Gasteiger partial charge in [-0.2, -0.15) is 0 Å². The number of hydrogen-bond donors (Lipinski definition) is 2. The number of nitrogens with one attached hydrogen (secondary N) is 1. The van der Waals surface area contributed by atoms with E-state index in [1.54, 1.807) is 0 Å². The molecule has 3 heteroatoms. The molecule has 1 aromatic carbocycles. The van der Waals surface area contributed by atoms with Gasteiger partial charge in [-0.3, -0.25) is 10.2 Å². The van der Waals surface area contributed by atoms with Crippen molar-refractivity contribution in [2.24, 2.45) is 5.84 Å².